The molecule has 1 atom stereocenters. The van der Waals surface area contributed by atoms with Crippen molar-refractivity contribution in [2.45, 2.75) is 26.8 Å². The van der Waals surface area contributed by atoms with Gasteiger partial charge in [0.2, 0.25) is 0 Å². The number of benzene rings is 2. The van der Waals surface area contributed by atoms with Crippen molar-refractivity contribution in [3.05, 3.63) is 65.7 Å². The Balaban J connectivity index is 1.86. The van der Waals surface area contributed by atoms with Crippen LogP contribution < -0.4 is 10.6 Å². The van der Waals surface area contributed by atoms with Crippen molar-refractivity contribution in [3.63, 3.8) is 0 Å². The summed E-state index contributed by atoms with van der Waals surface area (Å²) in [6.07, 6.45) is 0. The molecule has 0 aromatic heterocycles. The molecule has 2 amide bonds. The molecule has 0 aliphatic carbocycles. The fourth-order valence-electron chi connectivity index (χ4n) is 2.78. The fraction of sp³-hybridized carbons (Fsp3) is 0.333. The Bertz CT molecular complexity index is 710. The van der Waals surface area contributed by atoms with Crippen molar-refractivity contribution in [1.29, 1.82) is 0 Å². The zero-order valence-corrected chi connectivity index (χ0v) is 15.7. The van der Waals surface area contributed by atoms with Crippen molar-refractivity contribution in [2.24, 2.45) is 0 Å². The van der Waals surface area contributed by atoms with Gasteiger partial charge in [0.1, 0.15) is 6.04 Å². The van der Waals surface area contributed by atoms with Crippen molar-refractivity contribution in [2.75, 3.05) is 25.0 Å². The molecule has 138 valence electrons. The summed E-state index contributed by atoms with van der Waals surface area (Å²) in [5.74, 6) is -0.0477. The summed E-state index contributed by atoms with van der Waals surface area (Å²) in [5, 5.41) is 4.88. The first-order valence-corrected chi connectivity index (χ1v) is 9.12. The van der Waals surface area contributed by atoms with Gasteiger partial charge in [0.05, 0.1) is 0 Å². The smallest absolute Gasteiger partial charge is 0.279 e. The van der Waals surface area contributed by atoms with Gasteiger partial charge in [-0.25, -0.2) is 0 Å². The SMILES string of the molecule is CCN(CC)C(=O)c1ccc(NC(=O)C[NH2+][C@@H](C)c2ccccc2)cc1. The highest BCUT2D eigenvalue weighted by Crippen LogP contribution is 2.12. The molecule has 3 N–H and O–H groups in total. The molecule has 5 nitrogen and oxygen atoms in total. The van der Waals surface area contributed by atoms with Gasteiger partial charge in [0.15, 0.2) is 6.54 Å². The summed E-state index contributed by atoms with van der Waals surface area (Å²) in [6.45, 7) is 7.71. The van der Waals surface area contributed by atoms with Crippen LogP contribution in [0.3, 0.4) is 0 Å². The second-order valence-corrected chi connectivity index (χ2v) is 6.24. The Morgan fingerprint density at radius 2 is 1.62 bits per heavy atom. The maximum absolute atomic E-state index is 12.3. The Labute approximate surface area is 155 Å². The molecular formula is C21H28N3O2+. The van der Waals surface area contributed by atoms with Crippen molar-refractivity contribution in [1.82, 2.24) is 4.90 Å². The average molecular weight is 354 g/mol. The highest BCUT2D eigenvalue weighted by Gasteiger charge is 2.13. The zero-order chi connectivity index (χ0) is 18.9. The number of carbonyl (C=O) groups is 2. The minimum Gasteiger partial charge on any atom is -0.339 e. The van der Waals surface area contributed by atoms with Crippen LogP contribution in [0.4, 0.5) is 5.69 Å². The number of hydrogen-bond donors (Lipinski definition) is 2. The number of carbonyl (C=O) groups excluding carboxylic acids is 2. The third-order valence-corrected chi connectivity index (χ3v) is 4.45. The van der Waals surface area contributed by atoms with Crippen LogP contribution in [-0.4, -0.2) is 36.3 Å². The summed E-state index contributed by atoms with van der Waals surface area (Å²) >= 11 is 0. The molecule has 0 bridgehead atoms. The lowest BCUT2D eigenvalue weighted by Gasteiger charge is -2.18. The predicted octanol–water partition coefficient (Wildman–Crippen LogP) is 2.43. The number of hydrogen-bond acceptors (Lipinski definition) is 2. The molecule has 0 spiro atoms. The molecule has 0 heterocycles. The largest absolute Gasteiger partial charge is 0.339 e. The second-order valence-electron chi connectivity index (χ2n) is 6.24. The van der Waals surface area contributed by atoms with Gasteiger partial charge >= 0.3 is 0 Å². The fourth-order valence-corrected chi connectivity index (χ4v) is 2.78. The van der Waals surface area contributed by atoms with E-state index in [1.165, 1.54) is 5.56 Å². The van der Waals surface area contributed by atoms with E-state index in [4.69, 9.17) is 0 Å². The summed E-state index contributed by atoms with van der Waals surface area (Å²) < 4.78 is 0. The van der Waals surface area contributed by atoms with Gasteiger partial charge in [-0.05, 0) is 45.0 Å². The molecule has 0 unspecified atom stereocenters. The van der Waals surface area contributed by atoms with Crippen molar-refractivity contribution in [3.8, 4) is 0 Å². The summed E-state index contributed by atoms with van der Waals surface area (Å²) in [5.41, 5.74) is 2.53. The molecule has 2 aromatic rings. The van der Waals surface area contributed by atoms with Crippen LogP contribution in [0.1, 0.15) is 42.7 Å². The molecular weight excluding hydrogens is 326 g/mol. The molecule has 2 rings (SSSR count). The number of anilines is 1. The average Bonchev–Trinajstić information content (AvgIpc) is 2.68. The van der Waals surface area contributed by atoms with Crippen molar-refractivity contribution >= 4 is 17.5 Å². The highest BCUT2D eigenvalue weighted by atomic mass is 16.2. The highest BCUT2D eigenvalue weighted by molar-refractivity contribution is 5.96. The van der Waals surface area contributed by atoms with E-state index in [-0.39, 0.29) is 17.9 Å². The van der Waals surface area contributed by atoms with Crippen LogP contribution >= 0.6 is 0 Å². The first-order valence-electron chi connectivity index (χ1n) is 9.12. The van der Waals surface area contributed by atoms with Gasteiger partial charge in [-0.2, -0.15) is 0 Å². The topological polar surface area (TPSA) is 66.0 Å². The molecule has 5 heteroatoms. The molecule has 0 aliphatic heterocycles. The number of amides is 2. The summed E-state index contributed by atoms with van der Waals surface area (Å²) in [6, 6.07) is 17.4. The van der Waals surface area contributed by atoms with Gasteiger partial charge in [0, 0.05) is 29.9 Å². The predicted molar refractivity (Wildman–Crippen MR) is 104 cm³/mol. The summed E-state index contributed by atoms with van der Waals surface area (Å²) in [7, 11) is 0. The van der Waals surface area contributed by atoms with E-state index in [0.29, 0.717) is 30.9 Å². The number of rotatable bonds is 8. The minimum absolute atomic E-state index is 0.0119. The maximum Gasteiger partial charge on any atom is 0.279 e. The Hall–Kier alpha value is -2.66. The molecule has 26 heavy (non-hydrogen) atoms. The Morgan fingerprint density at radius 1 is 1.00 bits per heavy atom. The van der Waals surface area contributed by atoms with Gasteiger partial charge in [-0.3, -0.25) is 9.59 Å². The molecule has 0 radical (unpaired) electrons. The van der Waals surface area contributed by atoms with Crippen LogP contribution in [0.25, 0.3) is 0 Å². The van der Waals surface area contributed by atoms with Gasteiger partial charge in [-0.15, -0.1) is 0 Å². The van der Waals surface area contributed by atoms with Crippen LogP contribution in [0.5, 0.6) is 0 Å². The van der Waals surface area contributed by atoms with E-state index < -0.39 is 0 Å². The zero-order valence-electron chi connectivity index (χ0n) is 15.7. The molecule has 2 aromatic carbocycles. The van der Waals surface area contributed by atoms with Crippen LogP contribution in [0, 0.1) is 0 Å². The van der Waals surface area contributed by atoms with E-state index in [2.05, 4.69) is 24.4 Å². The lowest BCUT2D eigenvalue weighted by molar-refractivity contribution is -0.682. The normalized spacial score (nSPS) is 11.7. The second kappa shape index (κ2) is 9.73. The minimum atomic E-state index is -0.0596. The first kappa shape index (κ1) is 19.7. The summed E-state index contributed by atoms with van der Waals surface area (Å²) in [4.78, 5) is 26.2. The third kappa shape index (κ3) is 5.43. The van der Waals surface area contributed by atoms with Crippen LogP contribution in [-0.2, 0) is 4.79 Å². The third-order valence-electron chi connectivity index (χ3n) is 4.45. The molecule has 0 saturated heterocycles. The number of nitrogens with zero attached hydrogens (tertiary/aromatic N) is 1. The van der Waals surface area contributed by atoms with E-state index in [1.807, 2.05) is 37.4 Å². The quantitative estimate of drug-likeness (QED) is 0.765. The molecule has 0 aliphatic rings. The van der Waals surface area contributed by atoms with Gasteiger partial charge in [-0.1, -0.05) is 30.3 Å². The lowest BCUT2D eigenvalue weighted by Crippen LogP contribution is -2.86. The molecule has 0 fully saturated rings. The first-order chi connectivity index (χ1) is 12.5. The standard InChI is InChI=1S/C21H27N3O2/c1-4-24(5-2)21(26)18-11-13-19(14-12-18)23-20(25)15-22-16(3)17-9-7-6-8-10-17/h6-14,16,22H,4-5,15H2,1-3H3,(H,23,25)/p+1/t16-/m0/s1. The van der Waals surface area contributed by atoms with E-state index in [1.54, 1.807) is 29.2 Å². The number of quaternary nitrogens is 1. The van der Waals surface area contributed by atoms with Crippen LogP contribution in [0.15, 0.2) is 54.6 Å². The van der Waals surface area contributed by atoms with Crippen LogP contribution in [0.2, 0.25) is 0 Å². The number of nitrogens with two attached hydrogens (primary N) is 1. The number of nitrogens with one attached hydrogen (secondary N) is 1. The van der Waals surface area contributed by atoms with Crippen molar-refractivity contribution < 1.29 is 14.9 Å². The van der Waals surface area contributed by atoms with Gasteiger partial charge < -0.3 is 15.5 Å². The van der Waals surface area contributed by atoms with E-state index in [0.717, 1.165) is 0 Å². The Kier molecular flexibility index (Phi) is 7.36. The Morgan fingerprint density at radius 3 is 2.19 bits per heavy atom. The molecule has 0 saturated carbocycles. The maximum atomic E-state index is 12.3. The lowest BCUT2D eigenvalue weighted by atomic mass is 10.1. The van der Waals surface area contributed by atoms with Gasteiger partial charge in [0.25, 0.3) is 11.8 Å². The monoisotopic (exact) mass is 354 g/mol. The van der Waals surface area contributed by atoms with E-state index >= 15 is 0 Å². The van der Waals surface area contributed by atoms with E-state index in [9.17, 15) is 9.59 Å².